The Morgan fingerprint density at radius 2 is 2.07 bits per heavy atom. The summed E-state index contributed by atoms with van der Waals surface area (Å²) >= 11 is 3.24. The Labute approximate surface area is 90.6 Å². The molecule has 1 rings (SSSR count). The zero-order valence-electron chi connectivity index (χ0n) is 8.07. The number of likely N-dealkylation sites (N-methyl/N-ethyl adjacent to an activating group) is 1. The van der Waals surface area contributed by atoms with Gasteiger partial charge in [0, 0.05) is 10.0 Å². The lowest BCUT2D eigenvalue weighted by Crippen LogP contribution is -2.28. The van der Waals surface area contributed by atoms with Crippen molar-refractivity contribution in [2.45, 2.75) is 12.8 Å². The summed E-state index contributed by atoms with van der Waals surface area (Å²) in [7, 11) is 1.51. The van der Waals surface area contributed by atoms with Gasteiger partial charge in [-0.2, -0.15) is 8.78 Å². The predicted octanol–water partition coefficient (Wildman–Crippen LogP) is 3.07. The molecule has 14 heavy (non-hydrogen) atoms. The van der Waals surface area contributed by atoms with Crippen LogP contribution < -0.4 is 5.32 Å². The van der Waals surface area contributed by atoms with Gasteiger partial charge in [0.15, 0.2) is 0 Å². The van der Waals surface area contributed by atoms with Gasteiger partial charge in [-0.15, -0.1) is 0 Å². The van der Waals surface area contributed by atoms with E-state index < -0.39 is 5.92 Å². The Hall–Kier alpha value is -0.480. The standard InChI is InChI=1S/C10H12BrF2N/c1-7-3-4-8(5-9(7)11)10(12,13)6-14-2/h3-5,14H,6H2,1-2H3. The number of benzene rings is 1. The molecule has 0 unspecified atom stereocenters. The summed E-state index contributed by atoms with van der Waals surface area (Å²) in [4.78, 5) is 0. The Morgan fingerprint density at radius 1 is 1.43 bits per heavy atom. The highest BCUT2D eigenvalue weighted by atomic mass is 79.9. The highest BCUT2D eigenvalue weighted by Crippen LogP contribution is 2.30. The van der Waals surface area contributed by atoms with Gasteiger partial charge in [0.2, 0.25) is 0 Å². The van der Waals surface area contributed by atoms with Crippen molar-refractivity contribution in [3.8, 4) is 0 Å². The lowest BCUT2D eigenvalue weighted by molar-refractivity contribution is -0.00131. The van der Waals surface area contributed by atoms with E-state index in [-0.39, 0.29) is 12.1 Å². The molecule has 0 atom stereocenters. The first-order chi connectivity index (χ1) is 6.47. The van der Waals surface area contributed by atoms with Gasteiger partial charge in [0.1, 0.15) is 0 Å². The topological polar surface area (TPSA) is 12.0 Å². The maximum absolute atomic E-state index is 13.4. The van der Waals surface area contributed by atoms with Gasteiger partial charge in [-0.25, -0.2) is 0 Å². The summed E-state index contributed by atoms with van der Waals surface area (Å²) in [5.74, 6) is -2.81. The first-order valence-corrected chi connectivity index (χ1v) is 5.06. The van der Waals surface area contributed by atoms with Crippen molar-refractivity contribution in [3.05, 3.63) is 33.8 Å². The second-order valence-electron chi connectivity index (χ2n) is 3.20. The number of rotatable bonds is 3. The molecule has 78 valence electrons. The fourth-order valence-electron chi connectivity index (χ4n) is 1.14. The second kappa shape index (κ2) is 4.36. The molecule has 0 spiro atoms. The average Bonchev–Trinajstić information content (AvgIpc) is 2.09. The third-order valence-electron chi connectivity index (χ3n) is 1.99. The van der Waals surface area contributed by atoms with Crippen LogP contribution in [0.1, 0.15) is 11.1 Å². The van der Waals surface area contributed by atoms with Crippen LogP contribution in [0.2, 0.25) is 0 Å². The monoisotopic (exact) mass is 263 g/mol. The second-order valence-corrected chi connectivity index (χ2v) is 4.05. The summed E-state index contributed by atoms with van der Waals surface area (Å²) in [5.41, 5.74) is 0.985. The van der Waals surface area contributed by atoms with Crippen LogP contribution in [0.3, 0.4) is 0 Å². The Morgan fingerprint density at radius 3 is 2.57 bits per heavy atom. The maximum Gasteiger partial charge on any atom is 0.285 e. The van der Waals surface area contributed by atoms with Crippen LogP contribution in [0.25, 0.3) is 0 Å². The van der Waals surface area contributed by atoms with Gasteiger partial charge in [0.05, 0.1) is 6.54 Å². The van der Waals surface area contributed by atoms with E-state index in [1.54, 1.807) is 6.07 Å². The molecule has 4 heteroatoms. The molecule has 1 aromatic rings. The van der Waals surface area contributed by atoms with E-state index in [1.807, 2.05) is 6.92 Å². The van der Waals surface area contributed by atoms with Gasteiger partial charge in [-0.1, -0.05) is 28.1 Å². The van der Waals surface area contributed by atoms with E-state index in [4.69, 9.17) is 0 Å². The van der Waals surface area contributed by atoms with E-state index in [1.165, 1.54) is 19.2 Å². The SMILES string of the molecule is CNCC(F)(F)c1ccc(C)c(Br)c1. The first-order valence-electron chi connectivity index (χ1n) is 4.26. The lowest BCUT2D eigenvalue weighted by atomic mass is 10.1. The predicted molar refractivity (Wildman–Crippen MR) is 56.7 cm³/mol. The van der Waals surface area contributed by atoms with Crippen molar-refractivity contribution in [1.29, 1.82) is 0 Å². The van der Waals surface area contributed by atoms with Crippen LogP contribution in [0.4, 0.5) is 8.78 Å². The molecular formula is C10H12BrF2N. The molecule has 0 fully saturated rings. The molecule has 0 aromatic heterocycles. The minimum atomic E-state index is -2.81. The smallest absolute Gasteiger partial charge is 0.285 e. The van der Waals surface area contributed by atoms with Crippen molar-refractivity contribution in [2.75, 3.05) is 13.6 Å². The van der Waals surface area contributed by atoms with Gasteiger partial charge in [-0.3, -0.25) is 0 Å². The van der Waals surface area contributed by atoms with E-state index in [2.05, 4.69) is 21.2 Å². The van der Waals surface area contributed by atoms with Crippen LogP contribution in [0, 0.1) is 6.92 Å². The largest absolute Gasteiger partial charge is 0.314 e. The highest BCUT2D eigenvalue weighted by Gasteiger charge is 2.30. The molecule has 0 aliphatic heterocycles. The fourth-order valence-corrected chi connectivity index (χ4v) is 1.52. The number of halogens is 3. The molecule has 1 nitrogen and oxygen atoms in total. The van der Waals surface area contributed by atoms with Gasteiger partial charge < -0.3 is 5.32 Å². The first kappa shape index (κ1) is 11.6. The summed E-state index contributed by atoms with van der Waals surface area (Å²) in [6.45, 7) is 1.52. The summed E-state index contributed by atoms with van der Waals surface area (Å²) in [6.07, 6.45) is 0. The van der Waals surface area contributed by atoms with Crippen LogP contribution in [-0.2, 0) is 5.92 Å². The van der Waals surface area contributed by atoms with Crippen molar-refractivity contribution < 1.29 is 8.78 Å². The summed E-state index contributed by atoms with van der Waals surface area (Å²) in [5, 5.41) is 2.48. The lowest BCUT2D eigenvalue weighted by Gasteiger charge is -2.16. The summed E-state index contributed by atoms with van der Waals surface area (Å²) < 4.78 is 27.5. The van der Waals surface area contributed by atoms with Gasteiger partial charge >= 0.3 is 0 Å². The van der Waals surface area contributed by atoms with Crippen molar-refractivity contribution >= 4 is 15.9 Å². The number of alkyl halides is 2. The number of hydrogen-bond donors (Lipinski definition) is 1. The van der Waals surface area contributed by atoms with Crippen LogP contribution >= 0.6 is 15.9 Å². The third kappa shape index (κ3) is 2.51. The molecule has 0 bridgehead atoms. The molecule has 0 aliphatic carbocycles. The molecule has 0 saturated carbocycles. The number of hydrogen-bond acceptors (Lipinski definition) is 1. The van der Waals surface area contributed by atoms with Crippen LogP contribution in [0.15, 0.2) is 22.7 Å². The molecule has 0 radical (unpaired) electrons. The Bertz CT molecular complexity index is 326. The maximum atomic E-state index is 13.4. The third-order valence-corrected chi connectivity index (χ3v) is 2.85. The average molecular weight is 264 g/mol. The molecule has 0 amide bonds. The zero-order chi connectivity index (χ0) is 10.8. The summed E-state index contributed by atoms with van der Waals surface area (Å²) in [6, 6.07) is 4.60. The van der Waals surface area contributed by atoms with Gasteiger partial charge in [0.25, 0.3) is 5.92 Å². The molecule has 0 heterocycles. The van der Waals surface area contributed by atoms with Crippen molar-refractivity contribution in [3.63, 3.8) is 0 Å². The fraction of sp³-hybridized carbons (Fsp3) is 0.400. The van der Waals surface area contributed by atoms with E-state index in [9.17, 15) is 8.78 Å². The van der Waals surface area contributed by atoms with E-state index in [0.29, 0.717) is 4.47 Å². The quantitative estimate of drug-likeness (QED) is 0.884. The van der Waals surface area contributed by atoms with Crippen molar-refractivity contribution in [2.24, 2.45) is 0 Å². The normalized spacial score (nSPS) is 11.8. The van der Waals surface area contributed by atoms with Crippen LogP contribution in [0.5, 0.6) is 0 Å². The minimum absolute atomic E-state index is 0.0318. The minimum Gasteiger partial charge on any atom is -0.314 e. The molecule has 0 saturated heterocycles. The molecule has 1 aromatic carbocycles. The van der Waals surface area contributed by atoms with E-state index in [0.717, 1.165) is 5.56 Å². The van der Waals surface area contributed by atoms with Crippen LogP contribution in [-0.4, -0.2) is 13.6 Å². The number of nitrogens with one attached hydrogen (secondary N) is 1. The molecule has 1 N–H and O–H groups in total. The number of aryl methyl sites for hydroxylation is 1. The Kier molecular flexibility index (Phi) is 3.61. The Balaban J connectivity index is 3.01. The van der Waals surface area contributed by atoms with Gasteiger partial charge in [-0.05, 0) is 25.6 Å². The van der Waals surface area contributed by atoms with Crippen molar-refractivity contribution in [1.82, 2.24) is 5.32 Å². The van der Waals surface area contributed by atoms with E-state index >= 15 is 0 Å². The molecular weight excluding hydrogens is 252 g/mol. The highest BCUT2D eigenvalue weighted by molar-refractivity contribution is 9.10. The molecule has 0 aliphatic rings. The zero-order valence-corrected chi connectivity index (χ0v) is 9.66.